The van der Waals surface area contributed by atoms with Crippen molar-refractivity contribution < 1.29 is 29.5 Å². The van der Waals surface area contributed by atoms with E-state index in [2.05, 4.69) is 32.6 Å². The van der Waals surface area contributed by atoms with Crippen molar-refractivity contribution in [2.45, 2.75) is 111 Å². The monoisotopic (exact) mass is 555 g/mol. The van der Waals surface area contributed by atoms with Crippen molar-refractivity contribution in [1.82, 2.24) is 4.90 Å². The first-order valence-electron chi connectivity index (χ1n) is 14.5. The Kier molecular flexibility index (Phi) is 10.7. The maximum Gasteiger partial charge on any atom is 0.306 e. The Balaban J connectivity index is 1.40. The lowest BCUT2D eigenvalue weighted by atomic mass is 9.78. The number of ether oxygens (including phenoxy) is 1. The number of nitrogens with zero attached hydrogens (tertiary/aromatic N) is 1. The van der Waals surface area contributed by atoms with Crippen LogP contribution in [0.5, 0.6) is 11.5 Å². The Hall–Kier alpha value is -2.61. The molecule has 0 saturated carbocycles. The minimum Gasteiger partial charge on any atom is -0.507 e. The van der Waals surface area contributed by atoms with Crippen LogP contribution in [0.2, 0.25) is 0 Å². The number of benzene rings is 2. The number of phenolic OH excluding ortho intramolecular Hbond substituents is 2. The quantitative estimate of drug-likeness (QED) is 0.135. The van der Waals surface area contributed by atoms with Crippen LogP contribution in [0.4, 0.5) is 0 Å². The minimum absolute atomic E-state index is 0.0146. The van der Waals surface area contributed by atoms with Gasteiger partial charge in [-0.25, -0.2) is 9.78 Å². The summed E-state index contributed by atoms with van der Waals surface area (Å²) < 4.78 is 5.61. The highest BCUT2D eigenvalue weighted by atomic mass is 17.2. The van der Waals surface area contributed by atoms with E-state index in [1.54, 1.807) is 0 Å². The molecule has 0 aliphatic carbocycles. The number of hydrogen-bond acceptors (Lipinski definition) is 7. The van der Waals surface area contributed by atoms with E-state index in [1.165, 1.54) is 5.56 Å². The normalized spacial score (nSPS) is 17.2. The number of aromatic hydroxyl groups is 2. The van der Waals surface area contributed by atoms with E-state index in [9.17, 15) is 15.0 Å². The molecule has 7 nitrogen and oxygen atoms in total. The number of carbonyl (C=O) groups is 1. The molecule has 40 heavy (non-hydrogen) atoms. The van der Waals surface area contributed by atoms with Crippen LogP contribution in [0.25, 0.3) is 0 Å². The average Bonchev–Trinajstić information content (AvgIpc) is 2.85. The summed E-state index contributed by atoms with van der Waals surface area (Å²) in [6.45, 7) is 17.9. The molecule has 2 aromatic carbocycles. The van der Waals surface area contributed by atoms with Crippen LogP contribution in [0.15, 0.2) is 24.3 Å². The van der Waals surface area contributed by atoms with E-state index >= 15 is 0 Å². The number of hydrogen-bond donors (Lipinski definition) is 2. The van der Waals surface area contributed by atoms with Gasteiger partial charge in [-0.15, -0.1) is 0 Å². The molecule has 1 heterocycles. The topological polar surface area (TPSA) is 88.5 Å². The molecule has 3 rings (SSSR count). The molecule has 0 spiro atoms. The Morgan fingerprint density at radius 2 is 1.30 bits per heavy atom. The molecule has 1 aliphatic rings. The standard InChI is InChI=1S/C33H49NO6/c1-22-16-26(17-23(2)30(22)36)10-9-14-39-40-28-20-32(5,6)34(33(7,8)21-28)13-15-38-29(35)12-11-27-18-24(3)31(37)25(4)19-27/h16-19,28,36-37H,9-15,20-21H2,1-8H3. The lowest BCUT2D eigenvalue weighted by Gasteiger charge is -2.54. The van der Waals surface area contributed by atoms with Gasteiger partial charge in [-0.3, -0.25) is 9.69 Å². The fraction of sp³-hybridized carbons (Fsp3) is 0.606. The van der Waals surface area contributed by atoms with Crippen LogP contribution in [0, 0.1) is 27.7 Å². The van der Waals surface area contributed by atoms with Crippen LogP contribution in [-0.2, 0) is 32.1 Å². The first-order valence-corrected chi connectivity index (χ1v) is 14.5. The third kappa shape index (κ3) is 8.45. The summed E-state index contributed by atoms with van der Waals surface area (Å²) in [4.78, 5) is 26.4. The molecular formula is C33H49NO6. The second kappa shape index (κ2) is 13.4. The van der Waals surface area contributed by atoms with Gasteiger partial charge in [-0.2, -0.15) is 0 Å². The highest BCUT2D eigenvalue weighted by Gasteiger charge is 2.46. The van der Waals surface area contributed by atoms with Crippen LogP contribution in [0.3, 0.4) is 0 Å². The van der Waals surface area contributed by atoms with Crippen LogP contribution < -0.4 is 0 Å². The van der Waals surface area contributed by atoms with Gasteiger partial charge >= 0.3 is 5.97 Å². The molecule has 0 amide bonds. The minimum atomic E-state index is -0.205. The lowest BCUT2D eigenvalue weighted by molar-refractivity contribution is -0.340. The fourth-order valence-corrected chi connectivity index (χ4v) is 6.33. The van der Waals surface area contributed by atoms with E-state index in [-0.39, 0.29) is 23.2 Å². The maximum absolute atomic E-state index is 12.4. The molecule has 222 valence electrons. The lowest BCUT2D eigenvalue weighted by Crippen LogP contribution is -2.62. The van der Waals surface area contributed by atoms with Gasteiger partial charge in [0.2, 0.25) is 0 Å². The van der Waals surface area contributed by atoms with Crippen LogP contribution in [0.1, 0.15) is 86.8 Å². The van der Waals surface area contributed by atoms with Crippen molar-refractivity contribution >= 4 is 5.97 Å². The summed E-state index contributed by atoms with van der Waals surface area (Å²) in [7, 11) is 0. The predicted octanol–water partition coefficient (Wildman–Crippen LogP) is 6.41. The summed E-state index contributed by atoms with van der Waals surface area (Å²) in [5.74, 6) is 0.477. The second-order valence-electron chi connectivity index (χ2n) is 12.7. The third-order valence-electron chi connectivity index (χ3n) is 8.11. The molecule has 1 fully saturated rings. The smallest absolute Gasteiger partial charge is 0.306 e. The number of esters is 1. The number of rotatable bonds is 12. The summed E-state index contributed by atoms with van der Waals surface area (Å²) in [5, 5.41) is 19.9. The Labute approximate surface area is 240 Å². The van der Waals surface area contributed by atoms with E-state index in [0.717, 1.165) is 53.5 Å². The molecule has 1 saturated heterocycles. The molecule has 0 radical (unpaired) electrons. The molecule has 2 N–H and O–H groups in total. The highest BCUT2D eigenvalue weighted by Crippen LogP contribution is 2.39. The maximum atomic E-state index is 12.4. The Morgan fingerprint density at radius 1 is 0.825 bits per heavy atom. The third-order valence-corrected chi connectivity index (χ3v) is 8.11. The zero-order valence-electron chi connectivity index (χ0n) is 25.7. The fourth-order valence-electron chi connectivity index (χ4n) is 6.33. The molecule has 7 heteroatoms. The first-order chi connectivity index (χ1) is 18.7. The van der Waals surface area contributed by atoms with Gasteiger partial charge in [0.1, 0.15) is 18.1 Å². The molecule has 2 aromatic rings. The van der Waals surface area contributed by atoms with Gasteiger partial charge in [0.15, 0.2) is 0 Å². The van der Waals surface area contributed by atoms with Gasteiger partial charge in [0.05, 0.1) is 12.7 Å². The number of phenols is 2. The second-order valence-corrected chi connectivity index (χ2v) is 12.7. The zero-order chi connectivity index (χ0) is 29.7. The van der Waals surface area contributed by atoms with Gasteiger partial charge < -0.3 is 14.9 Å². The number of carbonyl (C=O) groups excluding carboxylic acids is 1. The average molecular weight is 556 g/mol. The summed E-state index contributed by atoms with van der Waals surface area (Å²) in [6, 6.07) is 7.90. The van der Waals surface area contributed by atoms with E-state index < -0.39 is 0 Å². The largest absolute Gasteiger partial charge is 0.507 e. The number of likely N-dealkylation sites (tertiary alicyclic amines) is 1. The van der Waals surface area contributed by atoms with E-state index in [1.807, 2.05) is 52.0 Å². The van der Waals surface area contributed by atoms with Crippen molar-refractivity contribution in [3.8, 4) is 11.5 Å². The Morgan fingerprint density at radius 3 is 1.80 bits per heavy atom. The molecular weight excluding hydrogens is 506 g/mol. The molecule has 0 unspecified atom stereocenters. The van der Waals surface area contributed by atoms with Gasteiger partial charge in [0.25, 0.3) is 0 Å². The van der Waals surface area contributed by atoms with E-state index in [0.29, 0.717) is 44.1 Å². The van der Waals surface area contributed by atoms with Gasteiger partial charge in [0, 0.05) is 24.0 Å². The summed E-state index contributed by atoms with van der Waals surface area (Å²) in [5.41, 5.74) is 5.37. The summed E-state index contributed by atoms with van der Waals surface area (Å²) >= 11 is 0. The van der Waals surface area contributed by atoms with Gasteiger partial charge in [-0.1, -0.05) is 24.3 Å². The molecule has 0 atom stereocenters. The molecule has 1 aliphatic heterocycles. The van der Waals surface area contributed by atoms with Crippen molar-refractivity contribution in [1.29, 1.82) is 0 Å². The van der Waals surface area contributed by atoms with Gasteiger partial charge in [-0.05, 0) is 121 Å². The van der Waals surface area contributed by atoms with E-state index in [4.69, 9.17) is 14.5 Å². The van der Waals surface area contributed by atoms with Crippen molar-refractivity contribution in [2.24, 2.45) is 0 Å². The zero-order valence-corrected chi connectivity index (χ0v) is 25.7. The van der Waals surface area contributed by atoms with Crippen molar-refractivity contribution in [3.05, 3.63) is 57.6 Å². The SMILES string of the molecule is Cc1cc(CCCOOC2CC(C)(C)N(CCOC(=O)CCc3cc(C)c(O)c(C)c3)C(C)(C)C2)cc(C)c1O. The van der Waals surface area contributed by atoms with Crippen molar-refractivity contribution in [3.63, 3.8) is 0 Å². The molecule has 0 bridgehead atoms. The Bertz CT molecular complexity index is 1110. The van der Waals surface area contributed by atoms with Crippen LogP contribution in [-0.4, -0.2) is 58.0 Å². The number of aryl methyl sites for hydroxylation is 6. The number of piperidine rings is 1. The summed E-state index contributed by atoms with van der Waals surface area (Å²) in [6.07, 6.45) is 4.24. The van der Waals surface area contributed by atoms with Crippen LogP contribution >= 0.6 is 0 Å². The predicted molar refractivity (Wildman–Crippen MR) is 158 cm³/mol. The first kappa shape index (κ1) is 31.9. The highest BCUT2D eigenvalue weighted by molar-refractivity contribution is 5.69. The van der Waals surface area contributed by atoms with Crippen molar-refractivity contribution in [2.75, 3.05) is 19.8 Å². The molecule has 0 aromatic heterocycles.